The van der Waals surface area contributed by atoms with E-state index in [1.165, 1.54) is 11.8 Å². The highest BCUT2D eigenvalue weighted by Gasteiger charge is 2.20. The van der Waals surface area contributed by atoms with Crippen molar-refractivity contribution in [1.82, 2.24) is 14.8 Å². The maximum absolute atomic E-state index is 12.0. The standard InChI is InChI=1S/C20H21N3O2S/c1-4-18(24)14(2)26-20-22-21-19(15-8-6-5-7-9-15)23(20)16-10-12-17(25-3)13-11-16/h5-14H,4H2,1-3H3. The average molecular weight is 367 g/mol. The lowest BCUT2D eigenvalue weighted by Crippen LogP contribution is -2.12. The van der Waals surface area contributed by atoms with Crippen LogP contribution in [0.4, 0.5) is 0 Å². The number of thioether (sulfide) groups is 1. The molecule has 0 N–H and O–H groups in total. The van der Waals surface area contributed by atoms with Crippen LogP contribution in [0.5, 0.6) is 5.75 Å². The molecule has 5 nitrogen and oxygen atoms in total. The smallest absolute Gasteiger partial charge is 0.196 e. The Morgan fingerprint density at radius 2 is 1.81 bits per heavy atom. The van der Waals surface area contributed by atoms with Crippen LogP contribution in [0.15, 0.2) is 59.8 Å². The molecule has 6 heteroatoms. The quantitative estimate of drug-likeness (QED) is 0.579. The second-order valence-electron chi connectivity index (χ2n) is 5.79. The Kier molecular flexibility index (Phi) is 5.73. The van der Waals surface area contributed by atoms with Crippen LogP contribution in [0.1, 0.15) is 20.3 Å². The van der Waals surface area contributed by atoms with Crippen molar-refractivity contribution in [2.24, 2.45) is 0 Å². The van der Waals surface area contributed by atoms with Crippen LogP contribution in [-0.4, -0.2) is 32.9 Å². The van der Waals surface area contributed by atoms with Crippen LogP contribution in [-0.2, 0) is 4.79 Å². The summed E-state index contributed by atoms with van der Waals surface area (Å²) in [6, 6.07) is 17.6. The summed E-state index contributed by atoms with van der Waals surface area (Å²) < 4.78 is 7.24. The molecule has 0 aliphatic heterocycles. The molecule has 1 aromatic heterocycles. The zero-order valence-corrected chi connectivity index (χ0v) is 15.9. The summed E-state index contributed by atoms with van der Waals surface area (Å²) in [7, 11) is 1.64. The minimum Gasteiger partial charge on any atom is -0.497 e. The molecule has 0 spiro atoms. The predicted octanol–water partition coefficient (Wildman–Crippen LogP) is 4.40. The van der Waals surface area contributed by atoms with Crippen molar-refractivity contribution in [3.8, 4) is 22.8 Å². The summed E-state index contributed by atoms with van der Waals surface area (Å²) in [6.45, 7) is 3.79. The zero-order valence-electron chi connectivity index (χ0n) is 15.0. The topological polar surface area (TPSA) is 57.0 Å². The van der Waals surface area contributed by atoms with E-state index in [0.717, 1.165) is 22.8 Å². The number of methoxy groups -OCH3 is 1. The number of hydrogen-bond acceptors (Lipinski definition) is 5. The molecule has 1 unspecified atom stereocenters. The van der Waals surface area contributed by atoms with Gasteiger partial charge in [-0.15, -0.1) is 10.2 Å². The first-order valence-corrected chi connectivity index (χ1v) is 9.36. The van der Waals surface area contributed by atoms with Gasteiger partial charge in [0, 0.05) is 17.7 Å². The molecule has 0 aliphatic carbocycles. The van der Waals surface area contributed by atoms with Gasteiger partial charge in [0.05, 0.1) is 12.4 Å². The highest BCUT2D eigenvalue weighted by atomic mass is 32.2. The van der Waals surface area contributed by atoms with Crippen LogP contribution < -0.4 is 4.74 Å². The molecule has 1 heterocycles. The molecule has 1 atom stereocenters. The van der Waals surface area contributed by atoms with E-state index in [2.05, 4.69) is 10.2 Å². The molecule has 26 heavy (non-hydrogen) atoms. The van der Waals surface area contributed by atoms with Crippen LogP contribution in [0.3, 0.4) is 0 Å². The summed E-state index contributed by atoms with van der Waals surface area (Å²) in [6.07, 6.45) is 0.510. The lowest BCUT2D eigenvalue weighted by Gasteiger charge is -2.13. The average Bonchev–Trinajstić information content (AvgIpc) is 3.11. The van der Waals surface area contributed by atoms with Gasteiger partial charge in [0.1, 0.15) is 11.5 Å². The van der Waals surface area contributed by atoms with E-state index in [4.69, 9.17) is 4.74 Å². The van der Waals surface area contributed by atoms with Gasteiger partial charge >= 0.3 is 0 Å². The number of carbonyl (C=O) groups is 1. The van der Waals surface area contributed by atoms with Crippen LogP contribution in [0.2, 0.25) is 0 Å². The van der Waals surface area contributed by atoms with Gasteiger partial charge in [-0.3, -0.25) is 9.36 Å². The number of carbonyl (C=O) groups excluding carboxylic acids is 1. The van der Waals surface area contributed by atoms with Crippen molar-refractivity contribution in [1.29, 1.82) is 0 Å². The summed E-state index contributed by atoms with van der Waals surface area (Å²) in [5.74, 6) is 1.72. The normalized spacial score (nSPS) is 12.0. The number of hydrogen-bond donors (Lipinski definition) is 0. The Hall–Kier alpha value is -2.60. The minimum absolute atomic E-state index is 0.176. The number of ketones is 1. The minimum atomic E-state index is -0.176. The van der Waals surface area contributed by atoms with E-state index in [1.54, 1.807) is 7.11 Å². The summed E-state index contributed by atoms with van der Waals surface area (Å²) in [5.41, 5.74) is 1.89. The van der Waals surface area contributed by atoms with E-state index < -0.39 is 0 Å². The first-order valence-electron chi connectivity index (χ1n) is 8.48. The van der Waals surface area contributed by atoms with Gasteiger partial charge in [0.15, 0.2) is 11.0 Å². The van der Waals surface area contributed by atoms with E-state index in [0.29, 0.717) is 11.6 Å². The molecule has 0 bridgehead atoms. The van der Waals surface area contributed by atoms with Crippen molar-refractivity contribution in [2.45, 2.75) is 30.7 Å². The molecule has 0 aliphatic rings. The second-order valence-corrected chi connectivity index (χ2v) is 7.09. The molecule has 2 aromatic carbocycles. The van der Waals surface area contributed by atoms with E-state index in [-0.39, 0.29) is 11.0 Å². The lowest BCUT2D eigenvalue weighted by atomic mass is 10.2. The van der Waals surface area contributed by atoms with Crippen molar-refractivity contribution >= 4 is 17.5 Å². The molecule has 134 valence electrons. The highest BCUT2D eigenvalue weighted by Crippen LogP contribution is 2.31. The summed E-state index contributed by atoms with van der Waals surface area (Å²) >= 11 is 1.43. The van der Waals surface area contributed by atoms with Gasteiger partial charge in [0.25, 0.3) is 0 Å². The van der Waals surface area contributed by atoms with Gasteiger partial charge < -0.3 is 4.74 Å². The largest absolute Gasteiger partial charge is 0.497 e. The third-order valence-electron chi connectivity index (χ3n) is 4.08. The first-order chi connectivity index (χ1) is 12.6. The van der Waals surface area contributed by atoms with Crippen molar-refractivity contribution < 1.29 is 9.53 Å². The van der Waals surface area contributed by atoms with Crippen LogP contribution >= 0.6 is 11.8 Å². The van der Waals surface area contributed by atoms with Crippen molar-refractivity contribution in [3.63, 3.8) is 0 Å². The van der Waals surface area contributed by atoms with Crippen molar-refractivity contribution in [3.05, 3.63) is 54.6 Å². The highest BCUT2D eigenvalue weighted by molar-refractivity contribution is 8.00. The zero-order chi connectivity index (χ0) is 18.5. The fourth-order valence-corrected chi connectivity index (χ4v) is 3.60. The number of Topliss-reactive ketones (excluding diaryl/α,β-unsaturated/α-hetero) is 1. The number of nitrogens with zero attached hydrogens (tertiary/aromatic N) is 3. The van der Waals surface area contributed by atoms with Gasteiger partial charge in [-0.25, -0.2) is 0 Å². The van der Waals surface area contributed by atoms with E-state index in [1.807, 2.05) is 73.0 Å². The summed E-state index contributed by atoms with van der Waals surface area (Å²) in [4.78, 5) is 12.0. The van der Waals surface area contributed by atoms with Gasteiger partial charge in [-0.1, -0.05) is 49.0 Å². The SMILES string of the molecule is CCC(=O)C(C)Sc1nnc(-c2ccccc2)n1-c1ccc(OC)cc1. The number of aromatic nitrogens is 3. The first kappa shape index (κ1) is 18.2. The monoisotopic (exact) mass is 367 g/mol. The lowest BCUT2D eigenvalue weighted by molar-refractivity contribution is -0.118. The second kappa shape index (κ2) is 8.19. The van der Waals surface area contributed by atoms with Gasteiger partial charge in [0.2, 0.25) is 0 Å². The molecule has 0 fully saturated rings. The molecule has 0 amide bonds. The number of rotatable bonds is 7. The molecular formula is C20H21N3O2S. The Balaban J connectivity index is 2.07. The third kappa shape index (κ3) is 3.80. The van der Waals surface area contributed by atoms with Gasteiger partial charge in [-0.2, -0.15) is 0 Å². The van der Waals surface area contributed by atoms with Crippen LogP contribution in [0.25, 0.3) is 17.1 Å². The Morgan fingerprint density at radius 3 is 2.42 bits per heavy atom. The molecule has 0 saturated heterocycles. The van der Waals surface area contributed by atoms with Crippen molar-refractivity contribution in [2.75, 3.05) is 7.11 Å². The molecule has 3 rings (SSSR count). The third-order valence-corrected chi connectivity index (χ3v) is 5.17. The number of benzene rings is 2. The molecule has 3 aromatic rings. The maximum Gasteiger partial charge on any atom is 0.196 e. The Labute approximate surface area is 157 Å². The van der Waals surface area contributed by atoms with E-state index >= 15 is 0 Å². The number of ether oxygens (including phenoxy) is 1. The summed E-state index contributed by atoms with van der Waals surface area (Å²) in [5, 5.41) is 9.28. The molecule has 0 radical (unpaired) electrons. The predicted molar refractivity (Wildman–Crippen MR) is 104 cm³/mol. The van der Waals surface area contributed by atoms with Gasteiger partial charge in [-0.05, 0) is 31.2 Å². The van der Waals surface area contributed by atoms with E-state index in [9.17, 15) is 4.79 Å². The molecule has 0 saturated carbocycles. The molecular weight excluding hydrogens is 346 g/mol. The Bertz CT molecular complexity index is 876. The maximum atomic E-state index is 12.0. The fourth-order valence-electron chi connectivity index (χ4n) is 2.60. The fraction of sp³-hybridized carbons (Fsp3) is 0.250. The van der Waals surface area contributed by atoms with Crippen LogP contribution in [0, 0.1) is 0 Å². The Morgan fingerprint density at radius 1 is 1.12 bits per heavy atom.